The third kappa shape index (κ3) is 3.57. The zero-order valence-electron chi connectivity index (χ0n) is 16.5. The van der Waals surface area contributed by atoms with E-state index in [9.17, 15) is 4.79 Å². The molecule has 5 rings (SSSR count). The van der Waals surface area contributed by atoms with Gasteiger partial charge in [0.15, 0.2) is 0 Å². The molecule has 5 nitrogen and oxygen atoms in total. The minimum absolute atomic E-state index is 0.0924. The summed E-state index contributed by atoms with van der Waals surface area (Å²) < 4.78 is 0. The lowest BCUT2D eigenvalue weighted by molar-refractivity contribution is -0.136. The van der Waals surface area contributed by atoms with E-state index in [-0.39, 0.29) is 11.8 Å². The standard InChI is InChI=1S/C24H26N4O/c29-24(17-23(18-7-3-1-4-8-18)19-9-5-2-6-10-19)27-20-11-12-21(27)16-22(15-20)28-25-13-14-26-28/h1-10,13-14,20-23H,11-12,15-17H2. The van der Waals surface area contributed by atoms with E-state index in [2.05, 4.69) is 63.6 Å². The Morgan fingerprint density at radius 1 is 0.828 bits per heavy atom. The largest absolute Gasteiger partial charge is 0.337 e. The van der Waals surface area contributed by atoms with Gasteiger partial charge in [-0.2, -0.15) is 15.0 Å². The van der Waals surface area contributed by atoms with Crippen LogP contribution in [-0.4, -0.2) is 37.9 Å². The average molecular weight is 386 g/mol. The molecule has 2 aliphatic heterocycles. The van der Waals surface area contributed by atoms with E-state index in [1.807, 2.05) is 16.9 Å². The summed E-state index contributed by atoms with van der Waals surface area (Å²) in [6.45, 7) is 0. The van der Waals surface area contributed by atoms with Crippen LogP contribution in [-0.2, 0) is 4.79 Å². The quantitative estimate of drug-likeness (QED) is 0.660. The van der Waals surface area contributed by atoms with Crippen LogP contribution < -0.4 is 0 Å². The number of hydrogen-bond acceptors (Lipinski definition) is 3. The van der Waals surface area contributed by atoms with Crippen molar-refractivity contribution in [3.8, 4) is 0 Å². The van der Waals surface area contributed by atoms with Crippen molar-refractivity contribution in [1.29, 1.82) is 0 Å². The van der Waals surface area contributed by atoms with Crippen molar-refractivity contribution in [2.24, 2.45) is 0 Å². The van der Waals surface area contributed by atoms with Crippen molar-refractivity contribution in [2.75, 3.05) is 0 Å². The van der Waals surface area contributed by atoms with E-state index in [1.54, 1.807) is 12.4 Å². The highest BCUT2D eigenvalue weighted by Gasteiger charge is 2.44. The maximum Gasteiger partial charge on any atom is 0.224 e. The fourth-order valence-corrected chi connectivity index (χ4v) is 5.24. The first-order chi connectivity index (χ1) is 14.3. The Bertz CT molecular complexity index is 888. The molecule has 0 aliphatic carbocycles. The van der Waals surface area contributed by atoms with Gasteiger partial charge in [0.25, 0.3) is 0 Å². The number of rotatable bonds is 5. The number of nitrogens with zero attached hydrogens (tertiary/aromatic N) is 4. The van der Waals surface area contributed by atoms with Crippen LogP contribution in [0.5, 0.6) is 0 Å². The van der Waals surface area contributed by atoms with Crippen molar-refractivity contribution in [3.05, 3.63) is 84.2 Å². The maximum absolute atomic E-state index is 13.5. The minimum atomic E-state index is 0.0924. The first-order valence-electron chi connectivity index (χ1n) is 10.6. The highest BCUT2D eigenvalue weighted by atomic mass is 16.2. The van der Waals surface area contributed by atoms with Crippen molar-refractivity contribution in [3.63, 3.8) is 0 Å². The highest BCUT2D eigenvalue weighted by molar-refractivity contribution is 5.79. The Kier molecular flexibility index (Phi) is 4.88. The second kappa shape index (κ2) is 7.82. The molecule has 3 aromatic rings. The third-order valence-corrected chi connectivity index (χ3v) is 6.54. The normalized spacial score (nSPS) is 23.5. The number of hydrogen-bond donors (Lipinski definition) is 0. The Morgan fingerprint density at radius 3 is 1.86 bits per heavy atom. The van der Waals surface area contributed by atoms with Crippen molar-refractivity contribution in [1.82, 2.24) is 19.9 Å². The van der Waals surface area contributed by atoms with Crippen LogP contribution in [0.15, 0.2) is 73.1 Å². The Labute approximate surface area is 171 Å². The smallest absolute Gasteiger partial charge is 0.224 e. The first kappa shape index (κ1) is 18.1. The Hall–Kier alpha value is -2.95. The van der Waals surface area contributed by atoms with Crippen LogP contribution in [0.2, 0.25) is 0 Å². The maximum atomic E-state index is 13.5. The lowest BCUT2D eigenvalue weighted by Gasteiger charge is -2.39. The summed E-state index contributed by atoms with van der Waals surface area (Å²) in [6.07, 6.45) is 8.10. The number of fused-ring (bicyclic) bond motifs is 2. The minimum Gasteiger partial charge on any atom is -0.337 e. The van der Waals surface area contributed by atoms with Crippen LogP contribution in [0.4, 0.5) is 0 Å². The van der Waals surface area contributed by atoms with Gasteiger partial charge in [-0.3, -0.25) is 4.79 Å². The summed E-state index contributed by atoms with van der Waals surface area (Å²) in [5.41, 5.74) is 2.41. The summed E-state index contributed by atoms with van der Waals surface area (Å²) >= 11 is 0. The van der Waals surface area contributed by atoms with Gasteiger partial charge in [0.1, 0.15) is 0 Å². The molecule has 0 spiro atoms. The molecule has 2 aliphatic rings. The molecule has 0 N–H and O–H groups in total. The van der Waals surface area contributed by atoms with Gasteiger partial charge in [-0.1, -0.05) is 60.7 Å². The van der Waals surface area contributed by atoms with Crippen LogP contribution in [0.3, 0.4) is 0 Å². The van der Waals surface area contributed by atoms with Gasteiger partial charge in [0.2, 0.25) is 5.91 Å². The zero-order valence-corrected chi connectivity index (χ0v) is 16.5. The van der Waals surface area contributed by atoms with Crippen molar-refractivity contribution in [2.45, 2.75) is 56.1 Å². The lowest BCUT2D eigenvalue weighted by atomic mass is 9.87. The summed E-state index contributed by atoms with van der Waals surface area (Å²) in [7, 11) is 0. The van der Waals surface area contributed by atoms with Crippen LogP contribution in [0.1, 0.15) is 55.2 Å². The molecule has 2 saturated heterocycles. The van der Waals surface area contributed by atoms with Gasteiger partial charge in [-0.05, 0) is 36.8 Å². The highest BCUT2D eigenvalue weighted by Crippen LogP contribution is 2.41. The van der Waals surface area contributed by atoms with Gasteiger partial charge in [0.05, 0.1) is 18.4 Å². The summed E-state index contributed by atoms with van der Waals surface area (Å²) in [5, 5.41) is 8.67. The molecule has 0 saturated carbocycles. The molecular weight excluding hydrogens is 360 g/mol. The van der Waals surface area contributed by atoms with Gasteiger partial charge < -0.3 is 4.90 Å². The first-order valence-corrected chi connectivity index (χ1v) is 10.6. The predicted octanol–water partition coefficient (Wildman–Crippen LogP) is 4.19. The Balaban J connectivity index is 1.36. The third-order valence-electron chi connectivity index (χ3n) is 6.54. The van der Waals surface area contributed by atoms with E-state index < -0.39 is 0 Å². The van der Waals surface area contributed by atoms with Crippen LogP contribution in [0, 0.1) is 0 Å². The van der Waals surface area contributed by atoms with Gasteiger partial charge in [0, 0.05) is 24.4 Å². The molecule has 2 fully saturated rings. The molecule has 0 radical (unpaired) electrons. The van der Waals surface area contributed by atoms with E-state index >= 15 is 0 Å². The second-order valence-electron chi connectivity index (χ2n) is 8.24. The fourth-order valence-electron chi connectivity index (χ4n) is 5.24. The lowest BCUT2D eigenvalue weighted by Crippen LogP contribution is -2.47. The van der Waals surface area contributed by atoms with Crippen LogP contribution >= 0.6 is 0 Å². The topological polar surface area (TPSA) is 51.0 Å². The molecule has 148 valence electrons. The average Bonchev–Trinajstić information content (AvgIpc) is 3.40. The van der Waals surface area contributed by atoms with Crippen molar-refractivity contribution >= 4 is 5.91 Å². The number of aromatic nitrogens is 3. The number of carbonyl (C=O) groups excluding carboxylic acids is 1. The molecule has 3 heterocycles. The molecule has 2 aromatic carbocycles. The molecule has 2 unspecified atom stereocenters. The second-order valence-corrected chi connectivity index (χ2v) is 8.24. The van der Waals surface area contributed by atoms with Gasteiger partial charge in [-0.15, -0.1) is 0 Å². The monoisotopic (exact) mass is 386 g/mol. The van der Waals surface area contributed by atoms with E-state index in [4.69, 9.17) is 0 Å². The molecule has 29 heavy (non-hydrogen) atoms. The van der Waals surface area contributed by atoms with Gasteiger partial charge in [-0.25, -0.2) is 0 Å². The summed E-state index contributed by atoms with van der Waals surface area (Å²) in [4.78, 5) is 17.5. The predicted molar refractivity (Wildman–Crippen MR) is 111 cm³/mol. The number of piperidine rings is 1. The van der Waals surface area contributed by atoms with Gasteiger partial charge >= 0.3 is 0 Å². The van der Waals surface area contributed by atoms with E-state index in [0.717, 1.165) is 25.7 Å². The molecule has 2 atom stereocenters. The van der Waals surface area contributed by atoms with Crippen molar-refractivity contribution < 1.29 is 4.79 Å². The molecule has 1 amide bonds. The number of benzene rings is 2. The number of carbonyl (C=O) groups is 1. The van der Waals surface area contributed by atoms with E-state index in [0.29, 0.717) is 24.5 Å². The summed E-state index contributed by atoms with van der Waals surface area (Å²) in [6, 6.07) is 21.8. The van der Waals surface area contributed by atoms with Crippen LogP contribution in [0.25, 0.3) is 0 Å². The molecule has 5 heteroatoms. The van der Waals surface area contributed by atoms with E-state index in [1.165, 1.54) is 11.1 Å². The Morgan fingerprint density at radius 2 is 1.34 bits per heavy atom. The fraction of sp³-hybridized carbons (Fsp3) is 0.375. The number of amides is 1. The SMILES string of the molecule is O=C(CC(c1ccccc1)c1ccccc1)N1C2CCC1CC(n1nccn1)C2. The molecular formula is C24H26N4O. The zero-order chi connectivity index (χ0) is 19.6. The summed E-state index contributed by atoms with van der Waals surface area (Å²) in [5.74, 6) is 0.372. The molecule has 1 aromatic heterocycles. The molecule has 2 bridgehead atoms.